The van der Waals surface area contributed by atoms with Gasteiger partial charge in [-0.2, -0.15) is 0 Å². The number of aldehydes is 1. The van der Waals surface area contributed by atoms with Gasteiger partial charge >= 0.3 is 0 Å². The van der Waals surface area contributed by atoms with Gasteiger partial charge in [-0.15, -0.1) is 0 Å². The molecule has 0 amide bonds. The normalized spacial score (nSPS) is 12.0. The zero-order valence-corrected chi connectivity index (χ0v) is 10.5. The highest BCUT2D eigenvalue weighted by Crippen LogP contribution is 2.37. The molecular weight excluding hydrogens is 260 g/mol. The standard InChI is InChI=1S/C11H13BrO3/c1-7(6-13)9-4-8(12)5-10(14-2)11(9)15-3/h4-7H,1-3H3. The maximum Gasteiger partial charge on any atom is 0.164 e. The van der Waals surface area contributed by atoms with E-state index in [1.165, 1.54) is 0 Å². The predicted octanol–water partition coefficient (Wildman–Crippen LogP) is 2.77. The molecule has 15 heavy (non-hydrogen) atoms. The number of halogens is 1. The molecule has 1 unspecified atom stereocenters. The third-order valence-electron chi connectivity index (χ3n) is 2.17. The number of ether oxygens (including phenoxy) is 2. The van der Waals surface area contributed by atoms with Crippen LogP contribution in [0, 0.1) is 0 Å². The molecule has 0 heterocycles. The molecule has 1 rings (SSSR count). The molecule has 0 saturated carbocycles. The molecule has 1 aromatic rings. The predicted molar refractivity (Wildman–Crippen MR) is 61.7 cm³/mol. The minimum Gasteiger partial charge on any atom is -0.493 e. The van der Waals surface area contributed by atoms with Crippen molar-refractivity contribution in [2.24, 2.45) is 0 Å². The van der Waals surface area contributed by atoms with Crippen molar-refractivity contribution >= 4 is 22.2 Å². The van der Waals surface area contributed by atoms with Crippen molar-refractivity contribution in [3.8, 4) is 11.5 Å². The number of carbonyl (C=O) groups is 1. The largest absolute Gasteiger partial charge is 0.493 e. The molecule has 3 nitrogen and oxygen atoms in total. The molecule has 0 spiro atoms. The Bertz CT molecular complexity index is 363. The Hall–Kier alpha value is -1.03. The second-order valence-corrected chi connectivity index (χ2v) is 4.07. The van der Waals surface area contributed by atoms with Crippen molar-refractivity contribution in [3.63, 3.8) is 0 Å². The summed E-state index contributed by atoms with van der Waals surface area (Å²) in [7, 11) is 3.13. The highest BCUT2D eigenvalue weighted by atomic mass is 79.9. The summed E-state index contributed by atoms with van der Waals surface area (Å²) in [5, 5.41) is 0. The molecule has 0 N–H and O–H groups in total. The van der Waals surface area contributed by atoms with Crippen molar-refractivity contribution in [3.05, 3.63) is 22.2 Å². The Morgan fingerprint density at radius 3 is 2.47 bits per heavy atom. The average molecular weight is 273 g/mol. The van der Waals surface area contributed by atoms with Crippen LogP contribution >= 0.6 is 15.9 Å². The van der Waals surface area contributed by atoms with Crippen LogP contribution in [0.4, 0.5) is 0 Å². The average Bonchev–Trinajstić information content (AvgIpc) is 2.26. The molecule has 0 radical (unpaired) electrons. The first-order valence-electron chi connectivity index (χ1n) is 4.50. The molecule has 1 atom stereocenters. The van der Waals surface area contributed by atoms with Crippen molar-refractivity contribution in [2.45, 2.75) is 12.8 Å². The zero-order chi connectivity index (χ0) is 11.4. The van der Waals surface area contributed by atoms with E-state index in [9.17, 15) is 4.79 Å². The maximum atomic E-state index is 10.8. The molecule has 82 valence electrons. The van der Waals surface area contributed by atoms with Crippen LogP contribution < -0.4 is 9.47 Å². The van der Waals surface area contributed by atoms with Crippen molar-refractivity contribution in [1.82, 2.24) is 0 Å². The van der Waals surface area contributed by atoms with Gasteiger partial charge in [0.25, 0.3) is 0 Å². The lowest BCUT2D eigenvalue weighted by molar-refractivity contribution is -0.108. The van der Waals surface area contributed by atoms with Gasteiger partial charge in [0.1, 0.15) is 6.29 Å². The second-order valence-electron chi connectivity index (χ2n) is 3.16. The summed E-state index contributed by atoms with van der Waals surface area (Å²) in [5.41, 5.74) is 0.818. The Balaban J connectivity index is 3.34. The topological polar surface area (TPSA) is 35.5 Å². The molecule has 4 heteroatoms. The van der Waals surface area contributed by atoms with E-state index >= 15 is 0 Å². The van der Waals surface area contributed by atoms with Crippen LogP contribution in [0.1, 0.15) is 18.4 Å². The van der Waals surface area contributed by atoms with Gasteiger partial charge in [0.2, 0.25) is 0 Å². The molecule has 0 aliphatic heterocycles. The minimum atomic E-state index is -0.216. The van der Waals surface area contributed by atoms with Gasteiger partial charge in [-0.05, 0) is 12.1 Å². The number of carbonyl (C=O) groups excluding carboxylic acids is 1. The molecule has 0 bridgehead atoms. The van der Waals surface area contributed by atoms with Gasteiger partial charge in [0.15, 0.2) is 11.5 Å². The van der Waals surface area contributed by atoms with E-state index in [2.05, 4.69) is 15.9 Å². The Kier molecular flexibility index (Phi) is 4.15. The Morgan fingerprint density at radius 1 is 1.33 bits per heavy atom. The molecule has 0 aliphatic carbocycles. The van der Waals surface area contributed by atoms with E-state index in [1.54, 1.807) is 20.3 Å². The summed E-state index contributed by atoms with van der Waals surface area (Å²) in [6.07, 6.45) is 0.879. The van der Waals surface area contributed by atoms with Crippen LogP contribution in [0.25, 0.3) is 0 Å². The quantitative estimate of drug-likeness (QED) is 0.791. The number of benzene rings is 1. The summed E-state index contributed by atoms with van der Waals surface area (Å²) in [6.45, 7) is 1.82. The highest BCUT2D eigenvalue weighted by molar-refractivity contribution is 9.10. The molecular formula is C11H13BrO3. The fourth-order valence-electron chi connectivity index (χ4n) is 1.37. The third kappa shape index (κ3) is 2.50. The minimum absolute atomic E-state index is 0.216. The van der Waals surface area contributed by atoms with E-state index in [1.807, 2.05) is 13.0 Å². The van der Waals surface area contributed by atoms with Crippen LogP contribution in [0.5, 0.6) is 11.5 Å². The molecule has 0 aliphatic rings. The van der Waals surface area contributed by atoms with Gasteiger partial charge in [0, 0.05) is 16.0 Å². The molecule has 1 aromatic carbocycles. The summed E-state index contributed by atoms with van der Waals surface area (Å²) in [4.78, 5) is 10.8. The van der Waals surface area contributed by atoms with Gasteiger partial charge in [-0.3, -0.25) is 0 Å². The zero-order valence-electron chi connectivity index (χ0n) is 8.91. The van der Waals surface area contributed by atoms with Crippen molar-refractivity contribution < 1.29 is 14.3 Å². The van der Waals surface area contributed by atoms with Gasteiger partial charge in [-0.25, -0.2) is 0 Å². The Labute approximate surface area is 97.5 Å². The van der Waals surface area contributed by atoms with Crippen LogP contribution in [0.2, 0.25) is 0 Å². The molecule has 0 fully saturated rings. The third-order valence-corrected chi connectivity index (χ3v) is 2.62. The molecule has 0 aromatic heterocycles. The lowest BCUT2D eigenvalue weighted by Crippen LogP contribution is -2.01. The van der Waals surface area contributed by atoms with Crippen molar-refractivity contribution in [2.75, 3.05) is 14.2 Å². The summed E-state index contributed by atoms with van der Waals surface area (Å²) >= 11 is 3.36. The van der Waals surface area contributed by atoms with E-state index in [0.717, 1.165) is 16.3 Å². The van der Waals surface area contributed by atoms with Gasteiger partial charge in [0.05, 0.1) is 14.2 Å². The number of rotatable bonds is 4. The van der Waals surface area contributed by atoms with Crippen LogP contribution in [0.3, 0.4) is 0 Å². The first kappa shape index (κ1) is 12.0. The lowest BCUT2D eigenvalue weighted by Gasteiger charge is -2.15. The molecule has 0 saturated heterocycles. The van der Waals surface area contributed by atoms with E-state index < -0.39 is 0 Å². The van der Waals surface area contributed by atoms with Crippen LogP contribution in [-0.2, 0) is 4.79 Å². The van der Waals surface area contributed by atoms with Crippen LogP contribution in [-0.4, -0.2) is 20.5 Å². The van der Waals surface area contributed by atoms with Crippen LogP contribution in [0.15, 0.2) is 16.6 Å². The smallest absolute Gasteiger partial charge is 0.164 e. The fourth-order valence-corrected chi connectivity index (χ4v) is 1.82. The van der Waals surface area contributed by atoms with Crippen molar-refractivity contribution in [1.29, 1.82) is 0 Å². The maximum absolute atomic E-state index is 10.8. The van der Waals surface area contributed by atoms with Gasteiger partial charge < -0.3 is 14.3 Å². The second kappa shape index (κ2) is 5.16. The van der Waals surface area contributed by atoms with Gasteiger partial charge in [-0.1, -0.05) is 22.9 Å². The van der Waals surface area contributed by atoms with E-state index in [-0.39, 0.29) is 5.92 Å². The fraction of sp³-hybridized carbons (Fsp3) is 0.364. The SMILES string of the molecule is COc1cc(Br)cc(C(C)C=O)c1OC. The number of hydrogen-bond donors (Lipinski definition) is 0. The van der Waals surface area contributed by atoms with E-state index in [0.29, 0.717) is 11.5 Å². The first-order chi connectivity index (χ1) is 7.13. The number of hydrogen-bond acceptors (Lipinski definition) is 3. The Morgan fingerprint density at radius 2 is 2.00 bits per heavy atom. The monoisotopic (exact) mass is 272 g/mol. The summed E-state index contributed by atoms with van der Waals surface area (Å²) < 4.78 is 11.3. The summed E-state index contributed by atoms with van der Waals surface area (Å²) in [5.74, 6) is 1.02. The lowest BCUT2D eigenvalue weighted by atomic mass is 10.0. The summed E-state index contributed by atoms with van der Waals surface area (Å²) in [6, 6.07) is 3.67. The number of methoxy groups -OCH3 is 2. The first-order valence-corrected chi connectivity index (χ1v) is 5.30. The highest BCUT2D eigenvalue weighted by Gasteiger charge is 2.16. The van der Waals surface area contributed by atoms with E-state index in [4.69, 9.17) is 9.47 Å².